The average Bonchev–Trinajstić information content (AvgIpc) is 2.69. The Balaban J connectivity index is 1.93. The second-order valence-electron chi connectivity index (χ2n) is 4.94. The summed E-state index contributed by atoms with van der Waals surface area (Å²) in [6.45, 7) is 1.20. The van der Waals surface area contributed by atoms with Crippen LogP contribution in [0, 0.1) is 10.1 Å². The minimum Gasteiger partial charge on any atom is -0.377 e. The molecule has 1 unspecified atom stereocenters. The van der Waals surface area contributed by atoms with Gasteiger partial charge in [-0.25, -0.2) is 0 Å². The fraction of sp³-hybridized carbons (Fsp3) is 0.200. The van der Waals surface area contributed by atoms with E-state index in [9.17, 15) is 10.1 Å². The molecule has 3 rings (SSSR count). The molecule has 2 N–H and O–H groups in total. The van der Waals surface area contributed by atoms with Gasteiger partial charge in [0.05, 0.1) is 4.92 Å². The zero-order valence-corrected chi connectivity index (χ0v) is 12.8. The van der Waals surface area contributed by atoms with Gasteiger partial charge in [-0.1, -0.05) is 46.3 Å². The van der Waals surface area contributed by atoms with Crippen molar-refractivity contribution in [3.63, 3.8) is 0 Å². The van der Waals surface area contributed by atoms with Crippen LogP contribution >= 0.6 is 15.9 Å². The van der Waals surface area contributed by atoms with Crippen LogP contribution in [0.25, 0.3) is 0 Å². The van der Waals surface area contributed by atoms with Crippen molar-refractivity contribution in [2.45, 2.75) is 12.6 Å². The van der Waals surface area contributed by atoms with Crippen molar-refractivity contribution < 1.29 is 4.92 Å². The molecule has 0 saturated carbocycles. The van der Waals surface area contributed by atoms with Crippen LogP contribution < -0.4 is 10.6 Å². The smallest absolute Gasteiger partial charge is 0.293 e. The molecule has 1 heterocycles. The monoisotopic (exact) mass is 347 g/mol. The van der Waals surface area contributed by atoms with E-state index in [2.05, 4.69) is 38.7 Å². The van der Waals surface area contributed by atoms with Crippen LogP contribution in [-0.2, 0) is 6.54 Å². The van der Waals surface area contributed by atoms with Gasteiger partial charge in [0.25, 0.3) is 5.69 Å². The zero-order chi connectivity index (χ0) is 14.8. The maximum absolute atomic E-state index is 11.2. The zero-order valence-electron chi connectivity index (χ0n) is 11.2. The Hall–Kier alpha value is -1.92. The van der Waals surface area contributed by atoms with Crippen LogP contribution in [0.5, 0.6) is 0 Å². The predicted molar refractivity (Wildman–Crippen MR) is 85.3 cm³/mol. The van der Waals surface area contributed by atoms with Gasteiger partial charge in [0.15, 0.2) is 0 Å². The number of nitrogens with one attached hydrogen (secondary N) is 2. The fourth-order valence-corrected chi connectivity index (χ4v) is 3.06. The average molecular weight is 348 g/mol. The summed E-state index contributed by atoms with van der Waals surface area (Å²) in [4.78, 5) is 10.9. The third-order valence-electron chi connectivity index (χ3n) is 3.58. The standard InChI is InChI=1S/C15H14BrN3O2/c16-12-6-11-8-17-13(10-4-2-1-3-5-10)9-18-15(11)14(7-12)19(20)21/h1-7,13,17-18H,8-9H2. The number of fused-ring (bicyclic) bond motifs is 1. The highest BCUT2D eigenvalue weighted by Crippen LogP contribution is 2.34. The van der Waals surface area contributed by atoms with Crippen LogP contribution in [0.2, 0.25) is 0 Å². The van der Waals surface area contributed by atoms with E-state index in [-0.39, 0.29) is 16.7 Å². The summed E-state index contributed by atoms with van der Waals surface area (Å²) in [7, 11) is 0. The molecule has 0 amide bonds. The van der Waals surface area contributed by atoms with Crippen molar-refractivity contribution in [1.29, 1.82) is 0 Å². The summed E-state index contributed by atoms with van der Waals surface area (Å²) in [6, 6.07) is 13.6. The summed E-state index contributed by atoms with van der Waals surface area (Å²) in [5, 5.41) is 17.9. The van der Waals surface area contributed by atoms with E-state index >= 15 is 0 Å². The maximum atomic E-state index is 11.2. The van der Waals surface area contributed by atoms with Crippen molar-refractivity contribution in [2.75, 3.05) is 11.9 Å². The van der Waals surface area contributed by atoms with Crippen molar-refractivity contribution in [2.24, 2.45) is 0 Å². The second-order valence-corrected chi connectivity index (χ2v) is 5.86. The van der Waals surface area contributed by atoms with Gasteiger partial charge < -0.3 is 10.6 Å². The van der Waals surface area contributed by atoms with Gasteiger partial charge in [-0.05, 0) is 17.2 Å². The number of halogens is 1. The minimum atomic E-state index is -0.348. The van der Waals surface area contributed by atoms with Gasteiger partial charge in [-0.15, -0.1) is 0 Å². The number of nitrogens with zero attached hydrogens (tertiary/aromatic N) is 1. The lowest BCUT2D eigenvalue weighted by Gasteiger charge is -2.16. The molecule has 0 saturated heterocycles. The number of anilines is 1. The van der Waals surface area contributed by atoms with Gasteiger partial charge in [-0.2, -0.15) is 0 Å². The highest BCUT2D eigenvalue weighted by Gasteiger charge is 2.24. The molecule has 0 spiro atoms. The lowest BCUT2D eigenvalue weighted by Crippen LogP contribution is -2.24. The molecule has 0 aromatic heterocycles. The van der Waals surface area contributed by atoms with E-state index < -0.39 is 0 Å². The Bertz CT molecular complexity index is 676. The highest BCUT2D eigenvalue weighted by molar-refractivity contribution is 9.10. The summed E-state index contributed by atoms with van der Waals surface area (Å²) in [6.07, 6.45) is 0. The Morgan fingerprint density at radius 1 is 1.24 bits per heavy atom. The number of nitro groups is 1. The molecule has 21 heavy (non-hydrogen) atoms. The van der Waals surface area contributed by atoms with Crippen LogP contribution in [0.15, 0.2) is 46.9 Å². The SMILES string of the molecule is O=[N+]([O-])c1cc(Br)cc2c1NCC(c1ccccc1)NC2. The largest absolute Gasteiger partial charge is 0.377 e. The van der Waals surface area contributed by atoms with E-state index in [1.807, 2.05) is 24.3 Å². The first kappa shape index (κ1) is 14.0. The molecule has 1 aliphatic rings. The quantitative estimate of drug-likeness (QED) is 0.643. The molecule has 2 aromatic rings. The molecule has 108 valence electrons. The van der Waals surface area contributed by atoms with Crippen LogP contribution in [0.4, 0.5) is 11.4 Å². The molecular weight excluding hydrogens is 334 g/mol. The molecule has 0 aliphatic carbocycles. The normalized spacial score (nSPS) is 17.5. The molecule has 1 aliphatic heterocycles. The Morgan fingerprint density at radius 2 is 2.00 bits per heavy atom. The maximum Gasteiger partial charge on any atom is 0.293 e. The highest BCUT2D eigenvalue weighted by atomic mass is 79.9. The van der Waals surface area contributed by atoms with E-state index in [0.717, 1.165) is 10.0 Å². The number of nitro benzene ring substituents is 1. The molecule has 1 atom stereocenters. The Morgan fingerprint density at radius 3 is 2.71 bits per heavy atom. The van der Waals surface area contributed by atoms with Gasteiger partial charge in [0.2, 0.25) is 0 Å². The topological polar surface area (TPSA) is 67.2 Å². The Labute approximate surface area is 130 Å². The van der Waals surface area contributed by atoms with E-state index in [1.165, 1.54) is 11.6 Å². The molecule has 0 fully saturated rings. The third kappa shape index (κ3) is 2.91. The van der Waals surface area contributed by atoms with Crippen molar-refractivity contribution in [3.8, 4) is 0 Å². The first-order chi connectivity index (χ1) is 10.1. The van der Waals surface area contributed by atoms with Gasteiger partial charge in [0.1, 0.15) is 5.69 Å². The Kier molecular flexibility index (Phi) is 3.90. The summed E-state index contributed by atoms with van der Waals surface area (Å²) in [5.41, 5.74) is 2.78. The minimum absolute atomic E-state index is 0.106. The summed E-state index contributed by atoms with van der Waals surface area (Å²) < 4.78 is 0.717. The molecular formula is C15H14BrN3O2. The molecule has 5 nitrogen and oxygen atoms in total. The predicted octanol–water partition coefficient (Wildman–Crippen LogP) is 3.61. The van der Waals surface area contributed by atoms with Crippen molar-refractivity contribution in [1.82, 2.24) is 5.32 Å². The molecule has 0 radical (unpaired) electrons. The third-order valence-corrected chi connectivity index (χ3v) is 4.04. The lowest BCUT2D eigenvalue weighted by atomic mass is 10.1. The van der Waals surface area contributed by atoms with E-state index in [4.69, 9.17) is 0 Å². The van der Waals surface area contributed by atoms with Gasteiger partial charge >= 0.3 is 0 Å². The van der Waals surface area contributed by atoms with Gasteiger partial charge in [0, 0.05) is 29.7 Å². The van der Waals surface area contributed by atoms with Crippen molar-refractivity contribution in [3.05, 3.63) is 68.2 Å². The lowest BCUT2D eigenvalue weighted by molar-refractivity contribution is -0.384. The van der Waals surface area contributed by atoms with Crippen LogP contribution in [0.3, 0.4) is 0 Å². The first-order valence-corrected chi connectivity index (χ1v) is 7.43. The van der Waals surface area contributed by atoms with E-state index in [1.54, 1.807) is 0 Å². The van der Waals surface area contributed by atoms with Gasteiger partial charge in [-0.3, -0.25) is 10.1 Å². The number of hydrogen-bond acceptors (Lipinski definition) is 4. The summed E-state index contributed by atoms with van der Waals surface area (Å²) in [5.74, 6) is 0. The van der Waals surface area contributed by atoms with Crippen LogP contribution in [-0.4, -0.2) is 11.5 Å². The second kappa shape index (κ2) is 5.83. The molecule has 0 bridgehead atoms. The number of hydrogen-bond donors (Lipinski definition) is 2. The van der Waals surface area contributed by atoms with E-state index in [0.29, 0.717) is 18.8 Å². The molecule has 2 aromatic carbocycles. The first-order valence-electron chi connectivity index (χ1n) is 6.64. The summed E-state index contributed by atoms with van der Waals surface area (Å²) >= 11 is 3.34. The van der Waals surface area contributed by atoms with Crippen LogP contribution in [0.1, 0.15) is 17.2 Å². The number of benzene rings is 2. The van der Waals surface area contributed by atoms with Crippen molar-refractivity contribution >= 4 is 27.3 Å². The molecule has 6 heteroatoms. The fourth-order valence-electron chi connectivity index (χ4n) is 2.57. The number of rotatable bonds is 2.